The van der Waals surface area contributed by atoms with Gasteiger partial charge in [-0.05, 0) is 32.9 Å². The Hall–Kier alpha value is -1.24. The normalized spacial score (nSPS) is 12.5. The number of carbonyl (C=O) groups is 1. The Balaban J connectivity index is 2.49. The molecule has 1 unspecified atom stereocenters. The van der Waals surface area contributed by atoms with Crippen molar-refractivity contribution >= 4 is 23.0 Å². The molecular weight excluding hydrogens is 266 g/mol. The highest BCUT2D eigenvalue weighted by Gasteiger charge is 2.13. The van der Waals surface area contributed by atoms with E-state index < -0.39 is 11.4 Å². The summed E-state index contributed by atoms with van der Waals surface area (Å²) in [4.78, 5) is 13.3. The largest absolute Gasteiger partial charge is 0.313 e. The molecule has 0 bridgehead atoms. The van der Waals surface area contributed by atoms with Crippen LogP contribution in [-0.2, 0) is 24.5 Å². The van der Waals surface area contributed by atoms with Crippen molar-refractivity contribution in [2.45, 2.75) is 26.9 Å². The number of amides is 1. The monoisotopic (exact) mass is 285 g/mol. The number of carbonyl (C=O) groups excluding carboxylic acids is 1. The molecular formula is C13H19NO4S. The van der Waals surface area contributed by atoms with Gasteiger partial charge in [0, 0.05) is 12.7 Å². The maximum Gasteiger partial charge on any atom is 0.305 e. The van der Waals surface area contributed by atoms with E-state index in [1.54, 1.807) is 20.9 Å². The predicted molar refractivity (Wildman–Crippen MR) is 74.9 cm³/mol. The van der Waals surface area contributed by atoms with Crippen LogP contribution in [0.25, 0.3) is 0 Å². The molecule has 106 valence electrons. The molecule has 0 N–H and O–H groups in total. The van der Waals surface area contributed by atoms with Crippen LogP contribution >= 0.6 is 0 Å². The zero-order chi connectivity index (χ0) is 14.4. The lowest BCUT2D eigenvalue weighted by Gasteiger charge is -2.17. The van der Waals surface area contributed by atoms with Crippen molar-refractivity contribution in [1.82, 2.24) is 0 Å². The van der Waals surface area contributed by atoms with E-state index in [1.807, 2.05) is 31.2 Å². The van der Waals surface area contributed by atoms with E-state index in [9.17, 15) is 9.00 Å². The van der Waals surface area contributed by atoms with Crippen molar-refractivity contribution in [3.63, 3.8) is 0 Å². The lowest BCUT2D eigenvalue weighted by molar-refractivity contribution is -0.120. The molecule has 0 aliphatic heterocycles. The number of likely N-dealkylation sites (N-methyl/N-ethyl adjacent to an activating group) is 1. The van der Waals surface area contributed by atoms with E-state index in [-0.39, 0.29) is 18.6 Å². The van der Waals surface area contributed by atoms with E-state index in [0.29, 0.717) is 0 Å². The van der Waals surface area contributed by atoms with Crippen LogP contribution in [0, 0.1) is 6.92 Å². The second kappa shape index (κ2) is 7.37. The molecule has 1 rings (SSSR count). The summed E-state index contributed by atoms with van der Waals surface area (Å²) in [5, 5.41) is 0. The van der Waals surface area contributed by atoms with E-state index >= 15 is 0 Å². The van der Waals surface area contributed by atoms with Gasteiger partial charge in [-0.15, -0.1) is 0 Å². The highest BCUT2D eigenvalue weighted by Crippen LogP contribution is 2.13. The summed E-state index contributed by atoms with van der Waals surface area (Å²) in [6.45, 7) is 5.16. The summed E-state index contributed by atoms with van der Waals surface area (Å²) in [6.07, 6.45) is -0.217. The summed E-state index contributed by atoms with van der Waals surface area (Å²) in [7, 11) is 1.64. The molecule has 19 heavy (non-hydrogen) atoms. The molecule has 1 amide bonds. The number of nitrogens with zero attached hydrogens (tertiary/aromatic N) is 1. The van der Waals surface area contributed by atoms with Gasteiger partial charge in [0.25, 0.3) is 5.91 Å². The predicted octanol–water partition coefficient (Wildman–Crippen LogP) is 1.98. The lowest BCUT2D eigenvalue weighted by Crippen LogP contribution is -2.30. The molecule has 0 aliphatic rings. The Kier molecular flexibility index (Phi) is 6.14. The molecule has 1 aromatic carbocycles. The molecule has 6 heteroatoms. The van der Waals surface area contributed by atoms with Crippen molar-refractivity contribution in [3.05, 3.63) is 29.8 Å². The van der Waals surface area contributed by atoms with Gasteiger partial charge in [0.2, 0.25) is 0 Å². The van der Waals surface area contributed by atoms with Gasteiger partial charge < -0.3 is 4.90 Å². The van der Waals surface area contributed by atoms with Gasteiger partial charge in [0.05, 0.1) is 6.10 Å². The van der Waals surface area contributed by atoms with Crippen molar-refractivity contribution < 1.29 is 17.4 Å². The fraction of sp³-hybridized carbons (Fsp3) is 0.462. The van der Waals surface area contributed by atoms with Crippen LogP contribution < -0.4 is 4.90 Å². The molecule has 1 aromatic rings. The molecule has 5 nitrogen and oxygen atoms in total. The van der Waals surface area contributed by atoms with E-state index in [0.717, 1.165) is 11.3 Å². The average Bonchev–Trinajstić information content (AvgIpc) is 2.35. The van der Waals surface area contributed by atoms with Gasteiger partial charge in [-0.2, -0.15) is 4.21 Å². The Labute approximate surface area is 116 Å². The number of hydrogen-bond donors (Lipinski definition) is 0. The van der Waals surface area contributed by atoms with E-state index in [1.165, 1.54) is 4.90 Å². The smallest absolute Gasteiger partial charge is 0.305 e. The van der Waals surface area contributed by atoms with Crippen LogP contribution in [0.5, 0.6) is 0 Å². The van der Waals surface area contributed by atoms with Crippen molar-refractivity contribution in [2.24, 2.45) is 0 Å². The standard InChI is InChI=1S/C13H19NO4S/c1-10(2)18-19(16)17-9-13(15)14(4)12-7-5-11(3)6-8-12/h5-8,10H,9H2,1-4H3. The molecule has 0 aliphatic carbocycles. The third-order valence-corrected chi connectivity index (χ3v) is 3.20. The molecule has 0 spiro atoms. The zero-order valence-electron chi connectivity index (χ0n) is 11.6. The first kappa shape index (κ1) is 15.8. The van der Waals surface area contributed by atoms with Gasteiger partial charge in [-0.25, -0.2) is 0 Å². The topological polar surface area (TPSA) is 55.8 Å². The minimum atomic E-state index is -1.89. The van der Waals surface area contributed by atoms with Gasteiger partial charge in [0.15, 0.2) is 0 Å². The Bertz CT molecular complexity index is 444. The first-order valence-corrected chi connectivity index (χ1v) is 6.95. The Morgan fingerprint density at radius 3 is 2.42 bits per heavy atom. The maximum absolute atomic E-state index is 11.8. The van der Waals surface area contributed by atoms with E-state index in [2.05, 4.69) is 0 Å². The van der Waals surface area contributed by atoms with Crippen LogP contribution in [0.15, 0.2) is 24.3 Å². The molecule has 0 aromatic heterocycles. The molecule has 1 atom stereocenters. The third kappa shape index (κ3) is 5.50. The first-order chi connectivity index (χ1) is 8.90. The molecule has 0 radical (unpaired) electrons. The zero-order valence-corrected chi connectivity index (χ0v) is 12.4. The van der Waals surface area contributed by atoms with Crippen molar-refractivity contribution in [3.8, 4) is 0 Å². The number of hydrogen-bond acceptors (Lipinski definition) is 4. The number of aryl methyl sites for hydroxylation is 1. The van der Waals surface area contributed by atoms with Gasteiger partial charge >= 0.3 is 11.4 Å². The van der Waals surface area contributed by atoms with Crippen LogP contribution in [0.2, 0.25) is 0 Å². The second-order valence-corrected chi connectivity index (χ2v) is 5.24. The number of benzene rings is 1. The van der Waals surface area contributed by atoms with Crippen LogP contribution in [0.3, 0.4) is 0 Å². The average molecular weight is 285 g/mol. The highest BCUT2D eigenvalue weighted by molar-refractivity contribution is 7.75. The summed E-state index contributed by atoms with van der Waals surface area (Å²) in [5.74, 6) is -0.287. The van der Waals surface area contributed by atoms with Crippen molar-refractivity contribution in [1.29, 1.82) is 0 Å². The molecule has 0 heterocycles. The summed E-state index contributed by atoms with van der Waals surface area (Å²) < 4.78 is 21.0. The second-order valence-electron chi connectivity index (χ2n) is 4.40. The van der Waals surface area contributed by atoms with E-state index in [4.69, 9.17) is 8.37 Å². The third-order valence-electron chi connectivity index (χ3n) is 2.35. The SMILES string of the molecule is Cc1ccc(N(C)C(=O)COS(=O)OC(C)C)cc1. The summed E-state index contributed by atoms with van der Waals surface area (Å²) in [6, 6.07) is 7.52. The van der Waals surface area contributed by atoms with Crippen LogP contribution in [-0.4, -0.2) is 29.9 Å². The summed E-state index contributed by atoms with van der Waals surface area (Å²) in [5.41, 5.74) is 1.88. The minimum absolute atomic E-state index is 0.217. The molecule has 0 fully saturated rings. The molecule has 0 saturated carbocycles. The first-order valence-electron chi connectivity index (χ1n) is 5.95. The van der Waals surface area contributed by atoms with Gasteiger partial charge in [-0.3, -0.25) is 13.2 Å². The minimum Gasteiger partial charge on any atom is -0.313 e. The highest BCUT2D eigenvalue weighted by atomic mass is 32.2. The Morgan fingerprint density at radius 1 is 1.32 bits per heavy atom. The van der Waals surface area contributed by atoms with Crippen LogP contribution in [0.4, 0.5) is 5.69 Å². The Morgan fingerprint density at radius 2 is 1.89 bits per heavy atom. The molecule has 0 saturated heterocycles. The fourth-order valence-electron chi connectivity index (χ4n) is 1.29. The number of anilines is 1. The fourth-order valence-corrected chi connectivity index (χ4v) is 1.86. The van der Waals surface area contributed by atoms with Crippen molar-refractivity contribution in [2.75, 3.05) is 18.6 Å². The quantitative estimate of drug-likeness (QED) is 0.802. The maximum atomic E-state index is 11.8. The lowest BCUT2D eigenvalue weighted by atomic mass is 10.2. The number of rotatable bonds is 6. The van der Waals surface area contributed by atoms with Gasteiger partial charge in [-0.1, -0.05) is 17.7 Å². The summed E-state index contributed by atoms with van der Waals surface area (Å²) >= 11 is -1.89. The van der Waals surface area contributed by atoms with Gasteiger partial charge in [0.1, 0.15) is 6.61 Å². The van der Waals surface area contributed by atoms with Crippen LogP contribution in [0.1, 0.15) is 19.4 Å².